The molecule has 0 spiro atoms. The van der Waals surface area contributed by atoms with Crippen molar-refractivity contribution in [3.63, 3.8) is 0 Å². The molecule has 0 saturated carbocycles. The van der Waals surface area contributed by atoms with Gasteiger partial charge in [-0.15, -0.1) is 5.10 Å². The number of aromatic nitrogens is 3. The maximum Gasteiger partial charge on any atom is 0.360 e. The smallest absolute Gasteiger partial charge is 0.360 e. The third kappa shape index (κ3) is 2.87. The zero-order chi connectivity index (χ0) is 14.7. The Hall–Kier alpha value is -2.17. The average Bonchev–Trinajstić information content (AvgIpc) is 2.81. The lowest BCUT2D eigenvalue weighted by molar-refractivity contribution is 0.0592. The molecule has 0 unspecified atom stereocenters. The summed E-state index contributed by atoms with van der Waals surface area (Å²) >= 11 is 0. The average molecular weight is 273 g/mol. The molecule has 0 N–H and O–H groups in total. The van der Waals surface area contributed by atoms with E-state index in [1.807, 2.05) is 39.0 Å². The number of carbonyl (C=O) groups is 1. The van der Waals surface area contributed by atoms with Crippen LogP contribution in [0.25, 0.3) is 0 Å². The lowest BCUT2D eigenvalue weighted by atomic mass is 10.1. The molecule has 0 bridgehead atoms. The summed E-state index contributed by atoms with van der Waals surface area (Å²) in [6, 6.07) is 8.20. The molecule has 5 nitrogen and oxygen atoms in total. The third-order valence-corrected chi connectivity index (χ3v) is 3.11. The van der Waals surface area contributed by atoms with Crippen molar-refractivity contribution in [1.29, 1.82) is 0 Å². The first kappa shape index (κ1) is 14.2. The van der Waals surface area contributed by atoms with Crippen molar-refractivity contribution < 1.29 is 9.53 Å². The molecule has 5 heteroatoms. The molecule has 1 heterocycles. The Kier molecular flexibility index (Phi) is 4.17. The molecule has 0 aliphatic heterocycles. The van der Waals surface area contributed by atoms with Crippen LogP contribution in [0.3, 0.4) is 0 Å². The Morgan fingerprint density at radius 2 is 2.15 bits per heavy atom. The van der Waals surface area contributed by atoms with Gasteiger partial charge in [0.2, 0.25) is 0 Å². The Morgan fingerprint density at radius 3 is 2.75 bits per heavy atom. The van der Waals surface area contributed by atoms with Gasteiger partial charge < -0.3 is 4.74 Å². The van der Waals surface area contributed by atoms with Crippen molar-refractivity contribution in [3.05, 3.63) is 46.8 Å². The quantitative estimate of drug-likeness (QED) is 0.803. The van der Waals surface area contributed by atoms with Crippen molar-refractivity contribution in [2.45, 2.75) is 33.2 Å². The van der Waals surface area contributed by atoms with Crippen LogP contribution in [0, 0.1) is 6.92 Å². The van der Waals surface area contributed by atoms with Crippen LogP contribution >= 0.6 is 0 Å². The first-order valence-corrected chi connectivity index (χ1v) is 6.60. The van der Waals surface area contributed by atoms with Crippen molar-refractivity contribution in [2.75, 3.05) is 7.11 Å². The molecule has 1 aromatic heterocycles. The fourth-order valence-electron chi connectivity index (χ4n) is 2.23. The van der Waals surface area contributed by atoms with E-state index in [9.17, 15) is 4.79 Å². The first-order chi connectivity index (χ1) is 9.52. The standard InChI is InChI=1S/C15H19N3O2/c1-10(2)14-13(15(19)20-4)16-17-18(14)9-12-7-5-6-11(3)8-12/h5-8,10H,9H2,1-4H3. The minimum Gasteiger partial charge on any atom is -0.464 e. The highest BCUT2D eigenvalue weighted by molar-refractivity contribution is 5.88. The summed E-state index contributed by atoms with van der Waals surface area (Å²) in [6.45, 7) is 6.67. The van der Waals surface area contributed by atoms with Gasteiger partial charge in [0, 0.05) is 0 Å². The largest absolute Gasteiger partial charge is 0.464 e. The number of methoxy groups -OCH3 is 1. The summed E-state index contributed by atoms with van der Waals surface area (Å²) in [5, 5.41) is 8.06. The molecule has 2 aromatic rings. The second-order valence-electron chi connectivity index (χ2n) is 5.12. The summed E-state index contributed by atoms with van der Waals surface area (Å²) in [4.78, 5) is 11.7. The van der Waals surface area contributed by atoms with E-state index in [4.69, 9.17) is 4.74 Å². The van der Waals surface area contributed by atoms with Crippen LogP contribution in [0.5, 0.6) is 0 Å². The highest BCUT2D eigenvalue weighted by Crippen LogP contribution is 2.19. The van der Waals surface area contributed by atoms with Gasteiger partial charge in [-0.25, -0.2) is 9.48 Å². The zero-order valence-corrected chi connectivity index (χ0v) is 12.3. The van der Waals surface area contributed by atoms with Gasteiger partial charge in [-0.05, 0) is 18.4 Å². The van der Waals surface area contributed by atoms with Crippen LogP contribution in [0.2, 0.25) is 0 Å². The number of hydrogen-bond acceptors (Lipinski definition) is 4. The molecule has 0 aliphatic carbocycles. The third-order valence-electron chi connectivity index (χ3n) is 3.11. The van der Waals surface area contributed by atoms with Gasteiger partial charge >= 0.3 is 5.97 Å². The minimum absolute atomic E-state index is 0.143. The van der Waals surface area contributed by atoms with Crippen LogP contribution in [0.1, 0.15) is 47.1 Å². The first-order valence-electron chi connectivity index (χ1n) is 6.60. The summed E-state index contributed by atoms with van der Waals surface area (Å²) in [5.74, 6) is -0.298. The fourth-order valence-corrected chi connectivity index (χ4v) is 2.23. The molecular formula is C15H19N3O2. The van der Waals surface area contributed by atoms with E-state index in [0.29, 0.717) is 12.2 Å². The minimum atomic E-state index is -0.441. The molecular weight excluding hydrogens is 254 g/mol. The second-order valence-corrected chi connectivity index (χ2v) is 5.12. The number of esters is 1. The molecule has 106 valence electrons. The highest BCUT2D eigenvalue weighted by Gasteiger charge is 2.22. The van der Waals surface area contributed by atoms with Crippen LogP contribution in [-0.4, -0.2) is 28.1 Å². The maximum absolute atomic E-state index is 11.7. The summed E-state index contributed by atoms with van der Waals surface area (Å²) in [6.07, 6.45) is 0. The van der Waals surface area contributed by atoms with Gasteiger partial charge in [-0.3, -0.25) is 0 Å². The topological polar surface area (TPSA) is 57.0 Å². The van der Waals surface area contributed by atoms with E-state index in [-0.39, 0.29) is 5.92 Å². The lowest BCUT2D eigenvalue weighted by Crippen LogP contribution is -2.12. The molecule has 0 radical (unpaired) electrons. The zero-order valence-electron chi connectivity index (χ0n) is 12.3. The van der Waals surface area contributed by atoms with Crippen molar-refractivity contribution in [2.24, 2.45) is 0 Å². The van der Waals surface area contributed by atoms with E-state index in [0.717, 1.165) is 11.3 Å². The molecule has 0 aliphatic rings. The second kappa shape index (κ2) is 5.86. The normalized spacial score (nSPS) is 10.8. The van der Waals surface area contributed by atoms with Crippen LogP contribution in [0.4, 0.5) is 0 Å². The number of benzene rings is 1. The van der Waals surface area contributed by atoms with E-state index in [2.05, 4.69) is 16.4 Å². The van der Waals surface area contributed by atoms with Gasteiger partial charge in [-0.2, -0.15) is 0 Å². The van der Waals surface area contributed by atoms with Gasteiger partial charge in [-0.1, -0.05) is 48.9 Å². The summed E-state index contributed by atoms with van der Waals surface area (Å²) in [5.41, 5.74) is 3.43. The van der Waals surface area contributed by atoms with Crippen molar-refractivity contribution >= 4 is 5.97 Å². The number of ether oxygens (including phenoxy) is 1. The lowest BCUT2D eigenvalue weighted by Gasteiger charge is -2.10. The maximum atomic E-state index is 11.7. The Morgan fingerprint density at radius 1 is 1.40 bits per heavy atom. The highest BCUT2D eigenvalue weighted by atomic mass is 16.5. The Balaban J connectivity index is 2.37. The van der Waals surface area contributed by atoms with Gasteiger partial charge in [0.05, 0.1) is 19.3 Å². The Bertz CT molecular complexity index is 617. The molecule has 2 rings (SSSR count). The van der Waals surface area contributed by atoms with E-state index in [1.165, 1.54) is 12.7 Å². The molecule has 1 aromatic carbocycles. The number of hydrogen-bond donors (Lipinski definition) is 0. The molecule has 0 saturated heterocycles. The number of rotatable bonds is 4. The van der Waals surface area contributed by atoms with Gasteiger partial charge in [0.25, 0.3) is 0 Å². The van der Waals surface area contributed by atoms with Crippen LogP contribution in [-0.2, 0) is 11.3 Å². The van der Waals surface area contributed by atoms with E-state index in [1.54, 1.807) is 4.68 Å². The molecule has 0 fully saturated rings. The van der Waals surface area contributed by atoms with E-state index >= 15 is 0 Å². The summed E-state index contributed by atoms with van der Waals surface area (Å²) in [7, 11) is 1.35. The Labute approximate surface area is 118 Å². The molecule has 20 heavy (non-hydrogen) atoms. The number of nitrogens with zero attached hydrogens (tertiary/aromatic N) is 3. The molecule has 0 atom stereocenters. The number of carbonyl (C=O) groups excluding carboxylic acids is 1. The SMILES string of the molecule is COC(=O)c1nnn(Cc2cccc(C)c2)c1C(C)C. The van der Waals surface area contributed by atoms with Crippen molar-refractivity contribution in [1.82, 2.24) is 15.0 Å². The molecule has 0 amide bonds. The van der Waals surface area contributed by atoms with Crippen molar-refractivity contribution in [3.8, 4) is 0 Å². The summed E-state index contributed by atoms with van der Waals surface area (Å²) < 4.78 is 6.52. The van der Waals surface area contributed by atoms with Gasteiger partial charge in [0.1, 0.15) is 0 Å². The van der Waals surface area contributed by atoms with Gasteiger partial charge in [0.15, 0.2) is 5.69 Å². The predicted molar refractivity (Wildman–Crippen MR) is 75.7 cm³/mol. The van der Waals surface area contributed by atoms with Crippen LogP contribution in [0.15, 0.2) is 24.3 Å². The van der Waals surface area contributed by atoms with Crippen LogP contribution < -0.4 is 0 Å². The predicted octanol–water partition coefficient (Wildman–Crippen LogP) is 2.54. The van der Waals surface area contributed by atoms with E-state index < -0.39 is 5.97 Å². The number of aryl methyl sites for hydroxylation is 1. The fraction of sp³-hybridized carbons (Fsp3) is 0.400. The monoisotopic (exact) mass is 273 g/mol.